The second-order valence-electron chi connectivity index (χ2n) is 31.7. The van der Waals surface area contributed by atoms with Gasteiger partial charge >= 0.3 is 0 Å². The van der Waals surface area contributed by atoms with Crippen LogP contribution in [0.25, 0.3) is 45.6 Å². The number of benzene rings is 4. The maximum atomic E-state index is 13.7. The number of hydrogen-bond donors (Lipinski definition) is 0. The zero-order chi connectivity index (χ0) is 89.1. The lowest BCUT2D eigenvalue weighted by molar-refractivity contribution is -0.133. The van der Waals surface area contributed by atoms with E-state index in [1.54, 1.807) is 133 Å². The third-order valence-corrected chi connectivity index (χ3v) is 21.9. The molecule has 0 aliphatic carbocycles. The SMILES string of the molecule is CCCc1nc(-c2ccc(F)c(C)c2)nn1CC(=O)N1CCN(c2ncccn2)CC1.CCCc1nc(-c2ccc(F)c(C)c2)nn1CC(=O)N1CCN(c2ncncn2)CC1.COc1cc(N2CCN(C(=O)Cn3nc(-c4ccc(F)c(C)c4)nc3C(C)C)CC2)ncn1.Cc1cc(-c2nc(C(C)C)n(CC(=O)N3CCN(c4ccccn4)CC3)n2)ccc1F. The van der Waals surface area contributed by atoms with E-state index >= 15 is 0 Å². The molecule has 37 heteroatoms. The number of nitrogens with zero attached hydrogens (tertiary/aromatic N) is 28. The molecular weight excluding hydrogens is 1620 g/mol. The molecule has 0 bridgehead atoms. The number of halogens is 4. The third-order valence-electron chi connectivity index (χ3n) is 21.9. The summed E-state index contributed by atoms with van der Waals surface area (Å²) in [6, 6.07) is 28.7. The summed E-state index contributed by atoms with van der Waals surface area (Å²) in [5.74, 6) is 7.78. The van der Waals surface area contributed by atoms with Gasteiger partial charge in [0.25, 0.3) is 0 Å². The Hall–Kier alpha value is -13.6. The molecule has 4 aromatic carbocycles. The fraction of sp³-hybridized carbons (Fsp3) is 0.416. The van der Waals surface area contributed by atoms with Crippen LogP contribution in [0.2, 0.25) is 0 Å². The van der Waals surface area contributed by atoms with Crippen LogP contribution in [0.1, 0.15) is 112 Å². The molecule has 0 spiro atoms. The third kappa shape index (κ3) is 22.8. The molecule has 126 heavy (non-hydrogen) atoms. The van der Waals surface area contributed by atoms with Crippen LogP contribution in [0.15, 0.2) is 141 Å². The van der Waals surface area contributed by atoms with Crippen LogP contribution in [-0.4, -0.2) is 254 Å². The average molecular weight is 1720 g/mol. The molecule has 4 saturated heterocycles. The lowest BCUT2D eigenvalue weighted by atomic mass is 10.1. The zero-order valence-corrected chi connectivity index (χ0v) is 73.0. The minimum Gasteiger partial charge on any atom is -0.481 e. The molecule has 4 amide bonds. The molecular formula is C89H106F4N28O5. The molecule has 0 N–H and O–H groups in total. The van der Waals surface area contributed by atoms with Gasteiger partial charge in [-0.1, -0.05) is 47.6 Å². The van der Waals surface area contributed by atoms with Crippen molar-refractivity contribution in [3.05, 3.63) is 210 Å². The minimum absolute atomic E-state index is 0.000568. The fourth-order valence-electron chi connectivity index (χ4n) is 14.8. The number of rotatable bonds is 23. The zero-order valence-electron chi connectivity index (χ0n) is 73.0. The smallest absolute Gasteiger partial charge is 0.244 e. The maximum absolute atomic E-state index is 13.7. The maximum Gasteiger partial charge on any atom is 0.244 e. The first kappa shape index (κ1) is 90.1. The number of hydrogen-bond acceptors (Lipinski definition) is 25. The molecule has 4 aliphatic rings. The Morgan fingerprint density at radius 1 is 0.365 bits per heavy atom. The number of piperazine rings is 4. The molecule has 4 fully saturated rings. The molecule has 8 aromatic heterocycles. The molecule has 33 nitrogen and oxygen atoms in total. The average Bonchev–Trinajstić information content (AvgIpc) is 1.69. The lowest BCUT2D eigenvalue weighted by Crippen LogP contribution is -2.50. The van der Waals surface area contributed by atoms with Crippen LogP contribution >= 0.6 is 0 Å². The number of carbonyl (C=O) groups excluding carboxylic acids is 4. The van der Waals surface area contributed by atoms with Gasteiger partial charge < -0.3 is 43.9 Å². The first-order chi connectivity index (χ1) is 60.9. The number of pyridine rings is 1. The van der Waals surface area contributed by atoms with Crippen LogP contribution < -0.4 is 24.3 Å². The predicted octanol–water partition coefficient (Wildman–Crippen LogP) is 10.3. The molecule has 12 heterocycles. The summed E-state index contributed by atoms with van der Waals surface area (Å²) in [5.41, 5.74) is 5.13. The first-order valence-electron chi connectivity index (χ1n) is 42.5. The van der Waals surface area contributed by atoms with Crippen molar-refractivity contribution in [2.24, 2.45) is 0 Å². The Morgan fingerprint density at radius 2 is 0.706 bits per heavy atom. The Morgan fingerprint density at radius 3 is 1.06 bits per heavy atom. The van der Waals surface area contributed by atoms with Gasteiger partial charge in [0.2, 0.25) is 41.4 Å². The van der Waals surface area contributed by atoms with E-state index in [0.29, 0.717) is 161 Å². The largest absolute Gasteiger partial charge is 0.481 e. The van der Waals surface area contributed by atoms with Crippen molar-refractivity contribution in [3.63, 3.8) is 0 Å². The first-order valence-corrected chi connectivity index (χ1v) is 42.5. The van der Waals surface area contributed by atoms with Gasteiger partial charge in [0, 0.05) is 176 Å². The summed E-state index contributed by atoms with van der Waals surface area (Å²) >= 11 is 0. The summed E-state index contributed by atoms with van der Waals surface area (Å²) in [7, 11) is 1.57. The number of ether oxygens (including phenoxy) is 1. The Balaban J connectivity index is 0.000000144. The van der Waals surface area contributed by atoms with Crippen molar-refractivity contribution in [2.75, 3.05) is 131 Å². The molecule has 16 rings (SSSR count). The standard InChI is InChI=1S/C23H28FN7O2.C23H27FN6O.C22H26FN7O.C21H25FN8O/c1-15(2)23-27-22(17-5-6-18(24)16(3)11-17)28-31(23)13-21(32)30-9-7-29(8-10-30)19-12-20(33-4)26-14-25-19;1-16(2)23-26-22(18-7-8-19(24)17(3)14-18)27-30(23)15-21(31)29-12-10-28(11-13-29)20-6-4-5-9-25-20;1-3-5-19-26-21(17-6-7-18(23)16(2)14-17)27-30(19)15-20(31)28-10-12-29(13-11-28)22-24-8-4-9-25-22;1-3-4-18-26-20(16-5-6-17(22)15(2)11-16)27-30(18)12-19(31)28-7-9-29(10-8-28)21-24-13-23-14-25-21/h5-6,11-12,14-15H,7-10,13H2,1-4H3;4-9,14,16H,10-13,15H2,1-3H3;4,6-9,14H,3,5,10-13,15H2,1-2H3;5-6,11,13-14H,3-4,7-10,12H2,1-2H3. The van der Waals surface area contributed by atoms with Gasteiger partial charge in [-0.05, 0) is 154 Å². The summed E-state index contributed by atoms with van der Waals surface area (Å²) in [4.78, 5) is 120. The molecule has 660 valence electrons. The highest BCUT2D eigenvalue weighted by molar-refractivity contribution is 5.78. The summed E-state index contributed by atoms with van der Waals surface area (Å²) < 4.78 is 66.4. The van der Waals surface area contributed by atoms with Gasteiger partial charge in [-0.15, -0.1) is 0 Å². The molecule has 12 aromatic rings. The van der Waals surface area contributed by atoms with Gasteiger partial charge in [-0.25, -0.2) is 96.1 Å². The summed E-state index contributed by atoms with van der Waals surface area (Å²) in [6.07, 6.45) is 12.9. The highest BCUT2D eigenvalue weighted by atomic mass is 19.1. The van der Waals surface area contributed by atoms with Crippen molar-refractivity contribution in [1.82, 2.24) is 119 Å². The number of aryl methyl sites for hydroxylation is 6. The van der Waals surface area contributed by atoms with Crippen molar-refractivity contribution in [1.29, 1.82) is 0 Å². The van der Waals surface area contributed by atoms with Crippen molar-refractivity contribution in [2.45, 2.75) is 133 Å². The van der Waals surface area contributed by atoms with Gasteiger partial charge in [0.1, 0.15) is 103 Å². The molecule has 0 saturated carbocycles. The van der Waals surface area contributed by atoms with Gasteiger partial charge in [-0.2, -0.15) is 20.4 Å². The highest BCUT2D eigenvalue weighted by Crippen LogP contribution is 2.29. The second-order valence-corrected chi connectivity index (χ2v) is 31.7. The molecule has 0 atom stereocenters. The fourth-order valence-corrected chi connectivity index (χ4v) is 14.8. The van der Waals surface area contributed by atoms with Crippen LogP contribution in [0.5, 0.6) is 5.88 Å². The quantitative estimate of drug-likeness (QED) is 0.0537. The van der Waals surface area contributed by atoms with E-state index in [0.717, 1.165) is 89.5 Å². The summed E-state index contributed by atoms with van der Waals surface area (Å²) in [6.45, 7) is 30.0. The Bertz CT molecular complexity index is 5500. The number of aromatic nitrogens is 20. The van der Waals surface area contributed by atoms with Crippen LogP contribution in [0.3, 0.4) is 0 Å². The molecule has 0 unspecified atom stereocenters. The molecule has 0 radical (unpaired) electrons. The number of methoxy groups -OCH3 is 1. The van der Waals surface area contributed by atoms with E-state index in [9.17, 15) is 36.7 Å². The van der Waals surface area contributed by atoms with E-state index < -0.39 is 0 Å². The Labute approximate surface area is 729 Å². The Kier molecular flexibility index (Phi) is 30.1. The van der Waals surface area contributed by atoms with E-state index in [-0.39, 0.29) is 84.9 Å². The van der Waals surface area contributed by atoms with E-state index in [1.807, 2.05) is 70.4 Å². The van der Waals surface area contributed by atoms with Gasteiger partial charge in [0.15, 0.2) is 23.3 Å². The van der Waals surface area contributed by atoms with E-state index in [1.165, 1.54) is 43.2 Å². The van der Waals surface area contributed by atoms with Gasteiger partial charge in [-0.3, -0.25) is 19.2 Å². The van der Waals surface area contributed by atoms with Crippen molar-refractivity contribution < 1.29 is 41.5 Å². The monoisotopic (exact) mass is 1720 g/mol. The summed E-state index contributed by atoms with van der Waals surface area (Å²) in [5, 5.41) is 18.3. The number of amides is 4. The lowest BCUT2D eigenvalue weighted by Gasteiger charge is -2.35. The van der Waals surface area contributed by atoms with Crippen LogP contribution in [0.4, 0.5) is 41.1 Å². The molecule has 4 aliphatic heterocycles. The van der Waals surface area contributed by atoms with E-state index in [2.05, 4.69) is 109 Å². The number of carbonyl (C=O) groups is 4. The highest BCUT2D eigenvalue weighted by Gasteiger charge is 2.31. The minimum atomic E-state index is -0.267. The number of anilines is 4. The predicted molar refractivity (Wildman–Crippen MR) is 467 cm³/mol. The van der Waals surface area contributed by atoms with Crippen LogP contribution in [-0.2, 0) is 58.2 Å². The second kappa shape index (κ2) is 42.2. The van der Waals surface area contributed by atoms with Gasteiger partial charge in [0.05, 0.1) is 7.11 Å². The van der Waals surface area contributed by atoms with Crippen molar-refractivity contribution in [3.8, 4) is 51.4 Å². The van der Waals surface area contributed by atoms with E-state index in [4.69, 9.17) is 4.74 Å². The normalized spacial score (nSPS) is 14.2. The van der Waals surface area contributed by atoms with Crippen molar-refractivity contribution >= 4 is 47.2 Å². The van der Waals surface area contributed by atoms with Crippen LogP contribution in [0, 0.1) is 51.0 Å². The topological polar surface area (TPSA) is 329 Å².